The Morgan fingerprint density at radius 2 is 1.71 bits per heavy atom. The molecule has 2 aromatic rings. The average molecular weight is 388 g/mol. The van der Waals surface area contributed by atoms with Crippen LogP contribution in [0.25, 0.3) is 0 Å². The van der Waals surface area contributed by atoms with Crippen LogP contribution >= 0.6 is 15.9 Å². The SMILES string of the molecule is C[C@H](c1ccccc1)[C@@H](Br)C(=O)N1C(=O)OC[C@H]1c1ccccc1. The van der Waals surface area contributed by atoms with Gasteiger partial charge in [-0.1, -0.05) is 83.5 Å². The van der Waals surface area contributed by atoms with Gasteiger partial charge in [0.25, 0.3) is 0 Å². The Balaban J connectivity index is 1.83. The van der Waals surface area contributed by atoms with Gasteiger partial charge in [-0.3, -0.25) is 4.79 Å². The number of alkyl halides is 1. The van der Waals surface area contributed by atoms with Crippen LogP contribution < -0.4 is 0 Å². The first-order chi connectivity index (χ1) is 11.6. The Morgan fingerprint density at radius 3 is 2.33 bits per heavy atom. The number of imide groups is 1. The zero-order chi connectivity index (χ0) is 17.1. The van der Waals surface area contributed by atoms with Crippen molar-refractivity contribution < 1.29 is 14.3 Å². The van der Waals surface area contributed by atoms with E-state index in [1.807, 2.05) is 67.6 Å². The van der Waals surface area contributed by atoms with Crippen molar-refractivity contribution in [1.82, 2.24) is 4.90 Å². The van der Waals surface area contributed by atoms with E-state index >= 15 is 0 Å². The van der Waals surface area contributed by atoms with Crippen molar-refractivity contribution in [2.45, 2.75) is 23.7 Å². The number of amides is 2. The lowest BCUT2D eigenvalue weighted by Crippen LogP contribution is -2.40. The number of benzene rings is 2. The maximum absolute atomic E-state index is 12.9. The molecule has 0 spiro atoms. The molecule has 1 fully saturated rings. The van der Waals surface area contributed by atoms with Crippen molar-refractivity contribution in [1.29, 1.82) is 0 Å². The second-order valence-electron chi connectivity index (χ2n) is 5.81. The van der Waals surface area contributed by atoms with E-state index in [1.165, 1.54) is 4.90 Å². The van der Waals surface area contributed by atoms with Gasteiger partial charge in [-0.15, -0.1) is 0 Å². The number of rotatable bonds is 4. The summed E-state index contributed by atoms with van der Waals surface area (Å²) < 4.78 is 5.13. The van der Waals surface area contributed by atoms with Crippen LogP contribution in [0.4, 0.5) is 4.79 Å². The lowest BCUT2D eigenvalue weighted by atomic mass is 9.96. The van der Waals surface area contributed by atoms with Gasteiger partial charge in [0.1, 0.15) is 17.5 Å². The van der Waals surface area contributed by atoms with E-state index in [0.717, 1.165) is 11.1 Å². The molecule has 2 aromatic carbocycles. The van der Waals surface area contributed by atoms with Crippen LogP contribution in [0.2, 0.25) is 0 Å². The number of nitrogens with zero attached hydrogens (tertiary/aromatic N) is 1. The maximum atomic E-state index is 12.9. The number of hydrogen-bond acceptors (Lipinski definition) is 3. The minimum Gasteiger partial charge on any atom is -0.446 e. The summed E-state index contributed by atoms with van der Waals surface area (Å²) in [5, 5.41) is 0. The van der Waals surface area contributed by atoms with Gasteiger partial charge in [0, 0.05) is 5.92 Å². The molecule has 1 heterocycles. The molecule has 2 amide bonds. The highest BCUT2D eigenvalue weighted by molar-refractivity contribution is 9.10. The smallest absolute Gasteiger partial charge is 0.417 e. The summed E-state index contributed by atoms with van der Waals surface area (Å²) in [4.78, 5) is 25.8. The van der Waals surface area contributed by atoms with Crippen LogP contribution in [0.15, 0.2) is 60.7 Å². The fourth-order valence-electron chi connectivity index (χ4n) is 2.86. The summed E-state index contributed by atoms with van der Waals surface area (Å²) in [5.74, 6) is -0.341. The van der Waals surface area contributed by atoms with Gasteiger partial charge in [0.05, 0.1) is 0 Å². The molecule has 5 heteroatoms. The molecule has 1 aliphatic rings. The molecule has 0 saturated carbocycles. The molecule has 1 saturated heterocycles. The highest BCUT2D eigenvalue weighted by Gasteiger charge is 2.42. The Morgan fingerprint density at radius 1 is 1.12 bits per heavy atom. The first-order valence-electron chi connectivity index (χ1n) is 7.83. The Kier molecular flexibility index (Phi) is 5.00. The predicted octanol–water partition coefficient (Wildman–Crippen LogP) is 4.27. The molecule has 1 aliphatic heterocycles. The molecule has 0 aliphatic carbocycles. The highest BCUT2D eigenvalue weighted by Crippen LogP contribution is 2.33. The standard InChI is InChI=1S/C19H18BrNO3/c1-13(14-8-4-2-5-9-14)17(20)18(22)21-16(12-24-19(21)23)15-10-6-3-7-11-15/h2-11,13,16-17H,12H2,1H3/t13-,16+,17-/m1/s1. The lowest BCUT2D eigenvalue weighted by Gasteiger charge is -2.25. The van der Waals surface area contributed by atoms with Crippen LogP contribution in [0.1, 0.15) is 30.0 Å². The van der Waals surface area contributed by atoms with E-state index < -0.39 is 10.9 Å². The molecule has 24 heavy (non-hydrogen) atoms. The summed E-state index contributed by atoms with van der Waals surface area (Å²) in [6, 6.07) is 18.9. The summed E-state index contributed by atoms with van der Waals surface area (Å²) in [7, 11) is 0. The van der Waals surface area contributed by atoms with Gasteiger partial charge in [0.2, 0.25) is 5.91 Å². The zero-order valence-electron chi connectivity index (χ0n) is 13.3. The van der Waals surface area contributed by atoms with E-state index in [2.05, 4.69) is 15.9 Å². The van der Waals surface area contributed by atoms with E-state index in [4.69, 9.17) is 4.74 Å². The zero-order valence-corrected chi connectivity index (χ0v) is 14.8. The molecule has 0 bridgehead atoms. The van der Waals surface area contributed by atoms with Gasteiger partial charge >= 0.3 is 6.09 Å². The minimum atomic E-state index is -0.585. The number of cyclic esters (lactones) is 1. The van der Waals surface area contributed by atoms with Crippen LogP contribution in [-0.2, 0) is 9.53 Å². The maximum Gasteiger partial charge on any atom is 0.417 e. The monoisotopic (exact) mass is 387 g/mol. The van der Waals surface area contributed by atoms with Gasteiger partial charge in [0.15, 0.2) is 0 Å². The van der Waals surface area contributed by atoms with Gasteiger partial charge < -0.3 is 4.74 Å². The van der Waals surface area contributed by atoms with Crippen molar-refractivity contribution in [3.63, 3.8) is 0 Å². The molecule has 0 aromatic heterocycles. The molecule has 3 rings (SSSR count). The van der Waals surface area contributed by atoms with Crippen molar-refractivity contribution in [3.05, 3.63) is 71.8 Å². The Labute approximate surface area is 149 Å². The fraction of sp³-hybridized carbons (Fsp3) is 0.263. The third-order valence-electron chi connectivity index (χ3n) is 4.30. The molecule has 124 valence electrons. The third kappa shape index (κ3) is 3.22. The highest BCUT2D eigenvalue weighted by atomic mass is 79.9. The number of ether oxygens (including phenoxy) is 1. The molecular formula is C19H18BrNO3. The first-order valence-corrected chi connectivity index (χ1v) is 8.75. The average Bonchev–Trinajstić information content (AvgIpc) is 3.03. The van der Waals surface area contributed by atoms with Crippen molar-refractivity contribution >= 4 is 27.9 Å². The quantitative estimate of drug-likeness (QED) is 0.735. The fourth-order valence-corrected chi connectivity index (χ4v) is 3.38. The summed E-state index contributed by atoms with van der Waals surface area (Å²) >= 11 is 3.48. The van der Waals surface area contributed by atoms with E-state index in [0.29, 0.717) is 0 Å². The second-order valence-corrected chi connectivity index (χ2v) is 6.80. The number of carbonyl (C=O) groups is 2. The molecule has 0 radical (unpaired) electrons. The van der Waals surface area contributed by atoms with Gasteiger partial charge in [-0.2, -0.15) is 0 Å². The number of halogens is 1. The van der Waals surface area contributed by atoms with Crippen molar-refractivity contribution in [2.24, 2.45) is 0 Å². The Bertz CT molecular complexity index is 720. The van der Waals surface area contributed by atoms with Crippen molar-refractivity contribution in [3.8, 4) is 0 Å². The summed E-state index contributed by atoms with van der Waals surface area (Å²) in [6.45, 7) is 2.15. The topological polar surface area (TPSA) is 46.6 Å². The summed E-state index contributed by atoms with van der Waals surface area (Å²) in [5.41, 5.74) is 1.93. The van der Waals surface area contributed by atoms with Crippen LogP contribution in [0, 0.1) is 0 Å². The molecule has 0 unspecified atom stereocenters. The largest absolute Gasteiger partial charge is 0.446 e. The first kappa shape index (κ1) is 16.7. The van der Waals surface area contributed by atoms with Crippen LogP contribution in [0.3, 0.4) is 0 Å². The summed E-state index contributed by atoms with van der Waals surface area (Å²) in [6.07, 6.45) is -0.585. The normalized spacial score (nSPS) is 19.7. The van der Waals surface area contributed by atoms with E-state index in [9.17, 15) is 9.59 Å². The molecule has 0 N–H and O–H groups in total. The van der Waals surface area contributed by atoms with Gasteiger partial charge in [-0.05, 0) is 11.1 Å². The second kappa shape index (κ2) is 7.18. The van der Waals surface area contributed by atoms with Crippen LogP contribution in [-0.4, -0.2) is 28.3 Å². The number of carbonyl (C=O) groups excluding carboxylic acids is 2. The van der Waals surface area contributed by atoms with Crippen LogP contribution in [0.5, 0.6) is 0 Å². The molecule has 3 atom stereocenters. The minimum absolute atomic E-state index is 0.0662. The van der Waals surface area contributed by atoms with E-state index in [1.54, 1.807) is 0 Å². The number of hydrogen-bond donors (Lipinski definition) is 0. The predicted molar refractivity (Wildman–Crippen MR) is 94.9 cm³/mol. The Hall–Kier alpha value is -2.14. The third-order valence-corrected chi connectivity index (χ3v) is 5.48. The van der Waals surface area contributed by atoms with Crippen molar-refractivity contribution in [2.75, 3.05) is 6.61 Å². The molecular weight excluding hydrogens is 370 g/mol. The van der Waals surface area contributed by atoms with Gasteiger partial charge in [-0.25, -0.2) is 9.69 Å². The molecule has 4 nitrogen and oxygen atoms in total. The lowest BCUT2D eigenvalue weighted by molar-refractivity contribution is -0.128. The van der Waals surface area contributed by atoms with E-state index in [-0.39, 0.29) is 24.5 Å².